The first-order valence-corrected chi connectivity index (χ1v) is 9.12. The quantitative estimate of drug-likeness (QED) is 0.344. The number of aliphatic carboxylic acids is 1. The van der Waals surface area contributed by atoms with E-state index in [1.165, 1.54) is 0 Å². The molecule has 144 valence electrons. The van der Waals surface area contributed by atoms with E-state index in [-0.39, 0.29) is 36.2 Å². The Balaban J connectivity index is 0.00000300. The summed E-state index contributed by atoms with van der Waals surface area (Å²) in [7, 11) is 0. The number of aromatic nitrogens is 2. The van der Waals surface area contributed by atoms with E-state index in [1.807, 2.05) is 60.7 Å². The van der Waals surface area contributed by atoms with Gasteiger partial charge in [0.25, 0.3) is 0 Å². The maximum Gasteiger partial charge on any atom is 1.00 e. The van der Waals surface area contributed by atoms with Gasteiger partial charge in [0.05, 0.1) is 31.1 Å². The molecule has 2 aromatic carbocycles. The van der Waals surface area contributed by atoms with Crippen molar-refractivity contribution in [3.63, 3.8) is 0 Å². The van der Waals surface area contributed by atoms with Crippen molar-refractivity contribution in [2.45, 2.75) is 12.8 Å². The summed E-state index contributed by atoms with van der Waals surface area (Å²) in [6, 6.07) is 19.8. The van der Waals surface area contributed by atoms with E-state index in [2.05, 4.69) is 9.97 Å². The van der Waals surface area contributed by atoms with Gasteiger partial charge in [-0.25, -0.2) is 9.97 Å². The number of hydrogen-bond acceptors (Lipinski definition) is 6. The molecule has 0 amide bonds. The maximum atomic E-state index is 10.3. The average Bonchev–Trinajstić information content (AvgIpc) is 2.74. The summed E-state index contributed by atoms with van der Waals surface area (Å²) >= 11 is 0. The van der Waals surface area contributed by atoms with Gasteiger partial charge in [-0.15, -0.1) is 0 Å². The molecular weight excluding hydrogens is 379 g/mol. The van der Waals surface area contributed by atoms with Crippen molar-refractivity contribution in [1.82, 2.24) is 9.97 Å². The van der Waals surface area contributed by atoms with Gasteiger partial charge in [0.15, 0.2) is 0 Å². The van der Waals surface area contributed by atoms with Gasteiger partial charge in [-0.1, -0.05) is 60.7 Å². The first-order chi connectivity index (χ1) is 13.7. The van der Waals surface area contributed by atoms with Gasteiger partial charge in [-0.05, 0) is 12.8 Å². The van der Waals surface area contributed by atoms with E-state index in [9.17, 15) is 9.90 Å². The minimum atomic E-state index is -1.21. The van der Waals surface area contributed by atoms with Gasteiger partial charge >= 0.3 is 29.6 Å². The van der Waals surface area contributed by atoms with Crippen LogP contribution in [-0.2, 0) is 9.53 Å². The molecule has 0 fully saturated rings. The van der Waals surface area contributed by atoms with Gasteiger partial charge in [0.1, 0.15) is 5.69 Å². The van der Waals surface area contributed by atoms with Gasteiger partial charge in [0.2, 0.25) is 5.88 Å². The van der Waals surface area contributed by atoms with Crippen molar-refractivity contribution in [1.29, 1.82) is 0 Å². The third-order valence-corrected chi connectivity index (χ3v) is 4.00. The second-order valence-corrected chi connectivity index (χ2v) is 6.12. The van der Waals surface area contributed by atoms with Crippen LogP contribution in [0.15, 0.2) is 66.9 Å². The van der Waals surface area contributed by atoms with Crippen LogP contribution in [-0.4, -0.2) is 35.8 Å². The summed E-state index contributed by atoms with van der Waals surface area (Å²) in [5.74, 6) is -0.757. The van der Waals surface area contributed by atoms with E-state index in [1.54, 1.807) is 6.20 Å². The molecule has 0 aliphatic heterocycles. The summed E-state index contributed by atoms with van der Waals surface area (Å²) in [6.07, 6.45) is 3.03. The Hall–Kier alpha value is -2.25. The Labute approximate surface area is 192 Å². The third kappa shape index (κ3) is 7.25. The molecule has 1 heterocycles. The smallest absolute Gasteiger partial charge is 0.548 e. The van der Waals surface area contributed by atoms with Crippen LogP contribution < -0.4 is 39.4 Å². The van der Waals surface area contributed by atoms with E-state index < -0.39 is 5.97 Å². The molecule has 6 nitrogen and oxygen atoms in total. The number of benzene rings is 2. The van der Waals surface area contributed by atoms with Gasteiger partial charge < -0.3 is 19.4 Å². The zero-order valence-corrected chi connectivity index (χ0v) is 18.4. The Morgan fingerprint density at radius 1 is 0.862 bits per heavy atom. The van der Waals surface area contributed by atoms with E-state index in [0.29, 0.717) is 25.5 Å². The Bertz CT molecular complexity index is 892. The molecule has 0 atom stereocenters. The van der Waals surface area contributed by atoms with Crippen LogP contribution in [0.25, 0.3) is 22.5 Å². The number of ether oxygens (including phenoxy) is 2. The van der Waals surface area contributed by atoms with Crippen molar-refractivity contribution in [2.75, 3.05) is 19.8 Å². The molecule has 3 aromatic rings. The van der Waals surface area contributed by atoms with Crippen molar-refractivity contribution in [3.05, 3.63) is 66.9 Å². The van der Waals surface area contributed by atoms with Crippen LogP contribution in [0.5, 0.6) is 5.88 Å². The second kappa shape index (κ2) is 12.3. The first kappa shape index (κ1) is 23.0. The SMILES string of the molecule is O=C([O-])COCCCCOc1cnc(-c2ccccc2)c(-c2ccccc2)n1.[Na+]. The topological polar surface area (TPSA) is 84.4 Å². The Morgan fingerprint density at radius 2 is 1.45 bits per heavy atom. The molecule has 0 aliphatic carbocycles. The van der Waals surface area contributed by atoms with Crippen molar-refractivity contribution >= 4 is 5.97 Å². The summed E-state index contributed by atoms with van der Waals surface area (Å²) in [5.41, 5.74) is 3.52. The van der Waals surface area contributed by atoms with Crippen molar-refractivity contribution in [3.8, 4) is 28.4 Å². The molecule has 1 aromatic heterocycles. The Kier molecular flexibility index (Phi) is 9.80. The number of carbonyl (C=O) groups is 1. The fraction of sp³-hybridized carbons (Fsp3) is 0.227. The summed E-state index contributed by atoms with van der Waals surface area (Å²) in [6.45, 7) is 0.418. The summed E-state index contributed by atoms with van der Waals surface area (Å²) in [4.78, 5) is 19.5. The molecule has 0 unspecified atom stereocenters. The van der Waals surface area contributed by atoms with Gasteiger partial charge in [0, 0.05) is 17.7 Å². The summed E-state index contributed by atoms with van der Waals surface area (Å²) in [5, 5.41) is 10.3. The normalized spacial score (nSPS) is 10.2. The minimum Gasteiger partial charge on any atom is -0.548 e. The van der Waals surface area contributed by atoms with Crippen LogP contribution in [0.1, 0.15) is 12.8 Å². The van der Waals surface area contributed by atoms with E-state index >= 15 is 0 Å². The number of nitrogens with zero attached hydrogens (tertiary/aromatic N) is 2. The largest absolute Gasteiger partial charge is 1.00 e. The average molecular weight is 400 g/mol. The summed E-state index contributed by atoms with van der Waals surface area (Å²) < 4.78 is 10.7. The van der Waals surface area contributed by atoms with Crippen LogP contribution in [0.3, 0.4) is 0 Å². The molecule has 7 heteroatoms. The predicted octanol–water partition coefficient (Wildman–Crippen LogP) is -0.260. The zero-order chi connectivity index (χ0) is 19.6. The first-order valence-electron chi connectivity index (χ1n) is 9.12. The maximum absolute atomic E-state index is 10.3. The number of carboxylic acid groups (broad SMARTS) is 1. The number of carbonyl (C=O) groups excluding carboxylic acids is 1. The molecule has 0 radical (unpaired) electrons. The molecule has 3 rings (SSSR count). The van der Waals surface area contributed by atoms with E-state index in [0.717, 1.165) is 28.9 Å². The number of carboxylic acids is 1. The fourth-order valence-electron chi connectivity index (χ4n) is 2.69. The molecule has 0 aliphatic rings. The van der Waals surface area contributed by atoms with Crippen LogP contribution in [0, 0.1) is 0 Å². The third-order valence-electron chi connectivity index (χ3n) is 4.00. The predicted molar refractivity (Wildman–Crippen MR) is 103 cm³/mol. The number of unbranched alkanes of at least 4 members (excludes halogenated alkanes) is 1. The molecule has 29 heavy (non-hydrogen) atoms. The van der Waals surface area contributed by atoms with Gasteiger partial charge in [-0.2, -0.15) is 0 Å². The second-order valence-electron chi connectivity index (χ2n) is 6.12. The molecule has 0 N–H and O–H groups in total. The standard InChI is InChI=1S/C22H22N2O4.Na/c25-20(26)16-27-13-7-8-14-28-19-15-23-21(17-9-3-1-4-10-17)22(24-19)18-11-5-2-6-12-18;/h1-6,9-12,15H,7-8,13-14,16H2,(H,25,26);/q;+1/p-1. The van der Waals surface area contributed by atoms with Crippen LogP contribution in [0.2, 0.25) is 0 Å². The minimum absolute atomic E-state index is 0. The zero-order valence-electron chi connectivity index (χ0n) is 16.4. The van der Waals surface area contributed by atoms with Crippen molar-refractivity contribution in [2.24, 2.45) is 0 Å². The molecule has 0 saturated carbocycles. The van der Waals surface area contributed by atoms with Crippen LogP contribution >= 0.6 is 0 Å². The number of hydrogen-bond donors (Lipinski definition) is 0. The monoisotopic (exact) mass is 400 g/mol. The Morgan fingerprint density at radius 3 is 2.07 bits per heavy atom. The molecule has 0 spiro atoms. The fourth-order valence-corrected chi connectivity index (χ4v) is 2.69. The molecule has 0 bridgehead atoms. The van der Waals surface area contributed by atoms with E-state index in [4.69, 9.17) is 9.47 Å². The molecular formula is C22H21N2NaO4. The van der Waals surface area contributed by atoms with Gasteiger partial charge in [-0.3, -0.25) is 0 Å². The van der Waals surface area contributed by atoms with Crippen molar-refractivity contribution < 1.29 is 48.9 Å². The molecule has 0 saturated heterocycles. The number of rotatable bonds is 10. The van der Waals surface area contributed by atoms with Crippen LogP contribution in [0.4, 0.5) is 0 Å².